The van der Waals surface area contributed by atoms with Crippen molar-refractivity contribution in [3.05, 3.63) is 66.0 Å². The molecule has 1 saturated heterocycles. The van der Waals surface area contributed by atoms with Crippen molar-refractivity contribution in [3.63, 3.8) is 0 Å². The molecule has 164 valence electrons. The maximum atomic E-state index is 12.4. The molecule has 0 spiro atoms. The quantitative estimate of drug-likeness (QED) is 0.575. The van der Waals surface area contributed by atoms with Crippen LogP contribution in [0.2, 0.25) is 0 Å². The standard InChI is InChI=1S/C24H26N6O2/c1-15(17-10-12-20(13-11-17)32-19-6-4-3-5-7-19)26-22-27-16(2)28-23(29-22)30-21(18-8-9-18)14-25-24(30)31/h3-7,10-13,15,18,21H,8-9,14H2,1-2H3,(H,25,31)(H,26,27,28,29)/t15-,21?/m0/s1. The summed E-state index contributed by atoms with van der Waals surface area (Å²) < 4.78 is 5.87. The van der Waals surface area contributed by atoms with E-state index >= 15 is 0 Å². The fraction of sp³-hybridized carbons (Fsp3) is 0.333. The number of aryl methyl sites for hydroxylation is 1. The minimum atomic E-state index is -0.138. The molecule has 2 heterocycles. The molecule has 1 aliphatic heterocycles. The molecule has 8 nitrogen and oxygen atoms in total. The second-order valence-electron chi connectivity index (χ2n) is 8.32. The number of rotatable bonds is 7. The minimum absolute atomic E-state index is 0.0398. The average Bonchev–Trinajstić information content (AvgIpc) is 3.56. The van der Waals surface area contributed by atoms with E-state index in [0.717, 1.165) is 29.9 Å². The van der Waals surface area contributed by atoms with Gasteiger partial charge in [-0.05, 0) is 62.4 Å². The zero-order chi connectivity index (χ0) is 22.1. The fourth-order valence-corrected chi connectivity index (χ4v) is 3.98. The van der Waals surface area contributed by atoms with Crippen LogP contribution in [0.5, 0.6) is 11.5 Å². The van der Waals surface area contributed by atoms with Gasteiger partial charge in [0, 0.05) is 6.54 Å². The van der Waals surface area contributed by atoms with Crippen LogP contribution in [-0.4, -0.2) is 33.6 Å². The third-order valence-corrected chi connectivity index (χ3v) is 5.83. The molecule has 2 fully saturated rings. The van der Waals surface area contributed by atoms with E-state index in [0.29, 0.717) is 30.2 Å². The van der Waals surface area contributed by atoms with Crippen molar-refractivity contribution in [2.75, 3.05) is 16.8 Å². The van der Waals surface area contributed by atoms with Crippen LogP contribution in [0.15, 0.2) is 54.6 Å². The number of urea groups is 1. The molecule has 1 saturated carbocycles. The van der Waals surface area contributed by atoms with Crippen LogP contribution in [0.3, 0.4) is 0 Å². The van der Waals surface area contributed by atoms with E-state index in [-0.39, 0.29) is 18.1 Å². The second kappa shape index (κ2) is 8.45. The maximum absolute atomic E-state index is 12.4. The highest BCUT2D eigenvalue weighted by molar-refractivity contribution is 5.93. The van der Waals surface area contributed by atoms with Gasteiger partial charge in [-0.25, -0.2) is 4.79 Å². The monoisotopic (exact) mass is 430 g/mol. The molecule has 5 rings (SSSR count). The van der Waals surface area contributed by atoms with Gasteiger partial charge in [0.1, 0.15) is 17.3 Å². The number of amides is 2. The number of aromatic nitrogens is 3. The van der Waals surface area contributed by atoms with Crippen molar-refractivity contribution in [2.45, 2.75) is 38.8 Å². The third kappa shape index (κ3) is 4.34. The van der Waals surface area contributed by atoms with Gasteiger partial charge in [-0.15, -0.1) is 0 Å². The van der Waals surface area contributed by atoms with Gasteiger partial charge in [-0.3, -0.25) is 4.90 Å². The fourth-order valence-electron chi connectivity index (χ4n) is 3.98. The highest BCUT2D eigenvalue weighted by atomic mass is 16.5. The van der Waals surface area contributed by atoms with Gasteiger partial charge < -0.3 is 15.4 Å². The Morgan fingerprint density at radius 1 is 1.03 bits per heavy atom. The Morgan fingerprint density at radius 2 is 1.75 bits per heavy atom. The molecule has 2 amide bonds. The number of hydrogen-bond acceptors (Lipinski definition) is 6. The first-order valence-corrected chi connectivity index (χ1v) is 11.0. The molecule has 2 N–H and O–H groups in total. The van der Waals surface area contributed by atoms with Crippen molar-refractivity contribution >= 4 is 17.9 Å². The molecule has 1 aromatic heterocycles. The van der Waals surface area contributed by atoms with E-state index in [9.17, 15) is 4.79 Å². The Kier molecular flexibility index (Phi) is 5.34. The summed E-state index contributed by atoms with van der Waals surface area (Å²) in [7, 11) is 0. The maximum Gasteiger partial charge on any atom is 0.324 e. The number of anilines is 2. The normalized spacial score (nSPS) is 18.9. The van der Waals surface area contributed by atoms with Gasteiger partial charge in [0.05, 0.1) is 12.1 Å². The summed E-state index contributed by atoms with van der Waals surface area (Å²) >= 11 is 0. The average molecular weight is 431 g/mol. The number of nitrogens with one attached hydrogen (secondary N) is 2. The predicted octanol–water partition coefficient (Wildman–Crippen LogP) is 4.45. The molecule has 8 heteroatoms. The van der Waals surface area contributed by atoms with Crippen molar-refractivity contribution in [3.8, 4) is 11.5 Å². The van der Waals surface area contributed by atoms with E-state index in [1.165, 1.54) is 0 Å². The van der Waals surface area contributed by atoms with Crippen LogP contribution in [0, 0.1) is 12.8 Å². The van der Waals surface area contributed by atoms with E-state index in [4.69, 9.17) is 4.74 Å². The van der Waals surface area contributed by atoms with E-state index in [1.807, 2.05) is 68.4 Å². The zero-order valence-electron chi connectivity index (χ0n) is 18.2. The van der Waals surface area contributed by atoms with Crippen molar-refractivity contribution in [1.29, 1.82) is 0 Å². The lowest BCUT2D eigenvalue weighted by Crippen LogP contribution is -2.37. The first-order valence-electron chi connectivity index (χ1n) is 11.0. The van der Waals surface area contributed by atoms with Crippen LogP contribution in [0.4, 0.5) is 16.7 Å². The predicted molar refractivity (Wildman–Crippen MR) is 122 cm³/mol. The molecule has 0 radical (unpaired) electrons. The summed E-state index contributed by atoms with van der Waals surface area (Å²) in [6, 6.07) is 17.6. The Bertz CT molecular complexity index is 1100. The molecule has 2 aromatic carbocycles. The van der Waals surface area contributed by atoms with Crippen molar-refractivity contribution in [1.82, 2.24) is 20.3 Å². The van der Waals surface area contributed by atoms with Gasteiger partial charge >= 0.3 is 6.03 Å². The van der Waals surface area contributed by atoms with Crippen LogP contribution in [0.1, 0.15) is 37.2 Å². The zero-order valence-corrected chi connectivity index (χ0v) is 18.2. The first kappa shape index (κ1) is 20.2. The van der Waals surface area contributed by atoms with Gasteiger partial charge in [0.15, 0.2) is 0 Å². The lowest BCUT2D eigenvalue weighted by Gasteiger charge is -2.22. The summed E-state index contributed by atoms with van der Waals surface area (Å²) in [4.78, 5) is 27.6. The molecule has 1 unspecified atom stereocenters. The molecular formula is C24H26N6O2. The topological polar surface area (TPSA) is 92.3 Å². The number of nitrogens with zero attached hydrogens (tertiary/aromatic N) is 4. The smallest absolute Gasteiger partial charge is 0.324 e. The SMILES string of the molecule is Cc1nc(N[C@@H](C)c2ccc(Oc3ccccc3)cc2)nc(N2C(=O)NCC2C2CC2)n1. The van der Waals surface area contributed by atoms with Crippen LogP contribution >= 0.6 is 0 Å². The summed E-state index contributed by atoms with van der Waals surface area (Å²) in [5.41, 5.74) is 1.07. The van der Waals surface area contributed by atoms with Crippen molar-refractivity contribution < 1.29 is 9.53 Å². The van der Waals surface area contributed by atoms with Crippen molar-refractivity contribution in [2.24, 2.45) is 5.92 Å². The molecule has 0 bridgehead atoms. The molecule has 32 heavy (non-hydrogen) atoms. The largest absolute Gasteiger partial charge is 0.457 e. The van der Waals surface area contributed by atoms with E-state index in [1.54, 1.807) is 4.90 Å². The molecule has 1 aliphatic carbocycles. The Morgan fingerprint density at radius 3 is 2.47 bits per heavy atom. The molecule has 2 atom stereocenters. The Balaban J connectivity index is 1.30. The molecule has 2 aliphatic rings. The number of benzene rings is 2. The summed E-state index contributed by atoms with van der Waals surface area (Å²) in [6.45, 7) is 4.50. The number of carbonyl (C=O) groups excluding carboxylic acids is 1. The molecule has 3 aromatic rings. The Hall–Kier alpha value is -3.68. The number of carbonyl (C=O) groups is 1. The van der Waals surface area contributed by atoms with E-state index in [2.05, 4.69) is 25.6 Å². The summed E-state index contributed by atoms with van der Waals surface area (Å²) in [5.74, 6) is 3.54. The first-order chi connectivity index (χ1) is 15.6. The lowest BCUT2D eigenvalue weighted by molar-refractivity contribution is 0.251. The van der Waals surface area contributed by atoms with Gasteiger partial charge in [-0.2, -0.15) is 15.0 Å². The van der Waals surface area contributed by atoms with Gasteiger partial charge in [-0.1, -0.05) is 30.3 Å². The minimum Gasteiger partial charge on any atom is -0.457 e. The van der Waals surface area contributed by atoms with Crippen LogP contribution in [-0.2, 0) is 0 Å². The van der Waals surface area contributed by atoms with E-state index < -0.39 is 0 Å². The summed E-state index contributed by atoms with van der Waals surface area (Å²) in [5, 5.41) is 6.27. The van der Waals surface area contributed by atoms with Gasteiger partial charge in [0.25, 0.3) is 0 Å². The Labute approximate surface area is 187 Å². The second-order valence-corrected chi connectivity index (χ2v) is 8.32. The van der Waals surface area contributed by atoms with Crippen LogP contribution < -0.4 is 20.3 Å². The third-order valence-electron chi connectivity index (χ3n) is 5.83. The number of ether oxygens (including phenoxy) is 1. The number of para-hydroxylation sites is 1. The highest BCUT2D eigenvalue weighted by Crippen LogP contribution is 2.38. The summed E-state index contributed by atoms with van der Waals surface area (Å²) in [6.07, 6.45) is 2.29. The van der Waals surface area contributed by atoms with Gasteiger partial charge in [0.2, 0.25) is 11.9 Å². The van der Waals surface area contributed by atoms with Crippen LogP contribution in [0.25, 0.3) is 0 Å². The number of hydrogen-bond donors (Lipinski definition) is 2. The highest BCUT2D eigenvalue weighted by Gasteiger charge is 2.43. The molecular weight excluding hydrogens is 404 g/mol. The lowest BCUT2D eigenvalue weighted by atomic mass is 10.1.